The molecular formula is C15H19F4N3O4. The van der Waals surface area contributed by atoms with Crippen LogP contribution in [-0.4, -0.2) is 46.6 Å². The number of aliphatic carboxylic acids is 1. The zero-order valence-electron chi connectivity index (χ0n) is 14.1. The van der Waals surface area contributed by atoms with Crippen LogP contribution in [0.25, 0.3) is 0 Å². The van der Waals surface area contributed by atoms with E-state index < -0.39 is 36.5 Å². The Morgan fingerprint density at radius 2 is 1.96 bits per heavy atom. The van der Waals surface area contributed by atoms with E-state index in [1.54, 1.807) is 13.8 Å². The first kappa shape index (κ1) is 21.5. The van der Waals surface area contributed by atoms with Crippen LogP contribution in [0.4, 0.5) is 28.0 Å². The molecule has 0 atom stereocenters. The molecule has 1 rings (SSSR count). The lowest BCUT2D eigenvalue weighted by atomic mass is 9.99. The summed E-state index contributed by atoms with van der Waals surface area (Å²) in [5, 5.41) is 13.7. The zero-order valence-corrected chi connectivity index (χ0v) is 14.1. The third-order valence-electron chi connectivity index (χ3n) is 3.14. The molecule has 0 aliphatic carbocycles. The standard InChI is InChI=1S/C15H19F4N3O4/c1-14(2,6-5-11(23)24)22-13(25)21-9-3-4-10(20-7-9)26-8-15(18,19)12(16)17/h3-4,7,12H,5-6,8H2,1-2H3,(H,23,24)(H2,21,22,25). The number of carboxylic acids is 1. The summed E-state index contributed by atoms with van der Waals surface area (Å²) in [4.78, 5) is 26.1. The van der Waals surface area contributed by atoms with Gasteiger partial charge in [-0.3, -0.25) is 4.79 Å². The first-order valence-corrected chi connectivity index (χ1v) is 7.47. The monoisotopic (exact) mass is 381 g/mol. The molecule has 0 spiro atoms. The number of aromatic nitrogens is 1. The number of halogens is 4. The molecule has 1 aromatic heterocycles. The number of amides is 2. The van der Waals surface area contributed by atoms with E-state index in [2.05, 4.69) is 20.4 Å². The lowest BCUT2D eigenvalue weighted by molar-refractivity contribution is -0.148. The molecule has 0 saturated carbocycles. The maximum Gasteiger partial charge on any atom is 0.340 e. The van der Waals surface area contributed by atoms with Crippen molar-refractivity contribution in [3.8, 4) is 5.88 Å². The van der Waals surface area contributed by atoms with Gasteiger partial charge in [0, 0.05) is 18.0 Å². The van der Waals surface area contributed by atoms with Crippen LogP contribution in [0.2, 0.25) is 0 Å². The van der Waals surface area contributed by atoms with Gasteiger partial charge in [0.2, 0.25) is 5.88 Å². The Morgan fingerprint density at radius 3 is 2.46 bits per heavy atom. The average Bonchev–Trinajstić information content (AvgIpc) is 2.52. The molecule has 0 aromatic carbocycles. The van der Waals surface area contributed by atoms with E-state index in [0.717, 1.165) is 12.3 Å². The van der Waals surface area contributed by atoms with Crippen LogP contribution in [0.5, 0.6) is 5.88 Å². The summed E-state index contributed by atoms with van der Waals surface area (Å²) < 4.78 is 54.0. The molecule has 0 unspecified atom stereocenters. The van der Waals surface area contributed by atoms with Crippen molar-refractivity contribution in [1.29, 1.82) is 0 Å². The van der Waals surface area contributed by atoms with Crippen LogP contribution < -0.4 is 15.4 Å². The lowest BCUT2D eigenvalue weighted by Gasteiger charge is -2.25. The number of carboxylic acid groups (broad SMARTS) is 1. The fraction of sp³-hybridized carbons (Fsp3) is 0.533. The maximum atomic E-state index is 12.7. The number of nitrogens with zero attached hydrogens (tertiary/aromatic N) is 1. The largest absolute Gasteiger partial charge is 0.481 e. The maximum absolute atomic E-state index is 12.7. The number of urea groups is 1. The van der Waals surface area contributed by atoms with Gasteiger partial charge in [0.15, 0.2) is 6.61 Å². The number of anilines is 1. The van der Waals surface area contributed by atoms with E-state index in [1.807, 2.05) is 0 Å². The minimum Gasteiger partial charge on any atom is -0.481 e. The summed E-state index contributed by atoms with van der Waals surface area (Å²) >= 11 is 0. The molecule has 146 valence electrons. The molecule has 2 amide bonds. The molecule has 0 saturated heterocycles. The van der Waals surface area contributed by atoms with Crippen LogP contribution >= 0.6 is 0 Å². The van der Waals surface area contributed by atoms with E-state index in [-0.39, 0.29) is 24.4 Å². The Bertz CT molecular complexity index is 624. The fourth-order valence-electron chi connectivity index (χ4n) is 1.72. The van der Waals surface area contributed by atoms with Crippen LogP contribution in [-0.2, 0) is 4.79 Å². The predicted molar refractivity (Wildman–Crippen MR) is 83.8 cm³/mol. The first-order valence-electron chi connectivity index (χ1n) is 7.47. The highest BCUT2D eigenvalue weighted by molar-refractivity contribution is 5.89. The van der Waals surface area contributed by atoms with Gasteiger partial charge in [0.1, 0.15) is 0 Å². The summed E-state index contributed by atoms with van der Waals surface area (Å²) in [7, 11) is 0. The van der Waals surface area contributed by atoms with Gasteiger partial charge in [-0.15, -0.1) is 0 Å². The predicted octanol–water partition coefficient (Wildman–Crippen LogP) is 3.13. The van der Waals surface area contributed by atoms with Gasteiger partial charge in [0.05, 0.1) is 11.9 Å². The third-order valence-corrected chi connectivity index (χ3v) is 3.14. The molecule has 26 heavy (non-hydrogen) atoms. The van der Waals surface area contributed by atoms with Crippen LogP contribution in [0.1, 0.15) is 26.7 Å². The number of carbonyl (C=O) groups is 2. The Kier molecular flexibility index (Phi) is 7.16. The van der Waals surface area contributed by atoms with Crippen LogP contribution in [0.15, 0.2) is 18.3 Å². The van der Waals surface area contributed by atoms with Gasteiger partial charge in [-0.2, -0.15) is 8.78 Å². The summed E-state index contributed by atoms with van der Waals surface area (Å²) in [5.41, 5.74) is -0.579. The van der Waals surface area contributed by atoms with Gasteiger partial charge in [-0.25, -0.2) is 18.6 Å². The van der Waals surface area contributed by atoms with Crippen molar-refractivity contribution in [3.05, 3.63) is 18.3 Å². The number of ether oxygens (including phenoxy) is 1. The lowest BCUT2D eigenvalue weighted by Crippen LogP contribution is -2.45. The molecule has 7 nitrogen and oxygen atoms in total. The molecule has 11 heteroatoms. The highest BCUT2D eigenvalue weighted by atomic mass is 19.3. The second-order valence-electron chi connectivity index (χ2n) is 6.09. The molecule has 0 fully saturated rings. The number of carbonyl (C=O) groups excluding carboxylic acids is 1. The second-order valence-corrected chi connectivity index (χ2v) is 6.09. The van der Waals surface area contributed by atoms with E-state index in [1.165, 1.54) is 6.07 Å². The Morgan fingerprint density at radius 1 is 1.31 bits per heavy atom. The molecule has 0 aliphatic heterocycles. The van der Waals surface area contributed by atoms with Crippen molar-refractivity contribution in [1.82, 2.24) is 10.3 Å². The quantitative estimate of drug-likeness (QED) is 0.571. The molecule has 3 N–H and O–H groups in total. The number of rotatable bonds is 9. The summed E-state index contributed by atoms with van der Waals surface area (Å²) in [6, 6.07) is 1.79. The fourth-order valence-corrected chi connectivity index (χ4v) is 1.72. The number of alkyl halides is 4. The third kappa shape index (κ3) is 7.53. The SMILES string of the molecule is CC(C)(CCC(=O)O)NC(=O)Nc1ccc(OCC(F)(F)C(F)F)nc1. The van der Waals surface area contributed by atoms with Crippen molar-refractivity contribution in [2.75, 3.05) is 11.9 Å². The van der Waals surface area contributed by atoms with Gasteiger partial charge in [-0.05, 0) is 26.3 Å². The topological polar surface area (TPSA) is 101 Å². The first-order chi connectivity index (χ1) is 11.9. The average molecular weight is 381 g/mol. The van der Waals surface area contributed by atoms with Gasteiger partial charge >= 0.3 is 24.3 Å². The van der Waals surface area contributed by atoms with Crippen molar-refractivity contribution in [3.63, 3.8) is 0 Å². The summed E-state index contributed by atoms with van der Waals surface area (Å²) in [6.07, 6.45) is -2.67. The van der Waals surface area contributed by atoms with Gasteiger partial charge in [0.25, 0.3) is 0 Å². The molecule has 0 radical (unpaired) electrons. The van der Waals surface area contributed by atoms with Crippen molar-refractivity contribution < 1.29 is 37.0 Å². The Balaban J connectivity index is 2.53. The molecular weight excluding hydrogens is 362 g/mol. The number of nitrogens with one attached hydrogen (secondary N) is 2. The van der Waals surface area contributed by atoms with E-state index in [9.17, 15) is 27.2 Å². The van der Waals surface area contributed by atoms with Gasteiger partial charge < -0.3 is 20.5 Å². The van der Waals surface area contributed by atoms with Crippen LogP contribution in [0.3, 0.4) is 0 Å². The number of pyridine rings is 1. The number of hydrogen-bond acceptors (Lipinski definition) is 4. The Labute approximate surface area is 146 Å². The highest BCUT2D eigenvalue weighted by Crippen LogP contribution is 2.24. The van der Waals surface area contributed by atoms with E-state index in [0.29, 0.717) is 0 Å². The Hall–Kier alpha value is -2.59. The second kappa shape index (κ2) is 8.68. The summed E-state index contributed by atoms with van der Waals surface area (Å²) in [5.74, 6) is -5.59. The highest BCUT2D eigenvalue weighted by Gasteiger charge is 2.41. The minimum atomic E-state index is -4.29. The smallest absolute Gasteiger partial charge is 0.340 e. The molecule has 1 heterocycles. The van der Waals surface area contributed by atoms with Crippen molar-refractivity contribution >= 4 is 17.7 Å². The molecule has 0 bridgehead atoms. The zero-order chi connectivity index (χ0) is 20.0. The van der Waals surface area contributed by atoms with E-state index in [4.69, 9.17) is 5.11 Å². The molecule has 1 aromatic rings. The number of hydrogen-bond donors (Lipinski definition) is 3. The van der Waals surface area contributed by atoms with Crippen molar-refractivity contribution in [2.45, 2.75) is 44.6 Å². The minimum absolute atomic E-state index is 0.121. The molecule has 0 aliphatic rings. The summed E-state index contributed by atoms with van der Waals surface area (Å²) in [6.45, 7) is 1.77. The van der Waals surface area contributed by atoms with E-state index >= 15 is 0 Å². The van der Waals surface area contributed by atoms with Crippen molar-refractivity contribution in [2.24, 2.45) is 0 Å². The van der Waals surface area contributed by atoms with Gasteiger partial charge in [-0.1, -0.05) is 0 Å². The normalized spacial score (nSPS) is 12.0. The van der Waals surface area contributed by atoms with Crippen LogP contribution in [0, 0.1) is 0 Å².